The van der Waals surface area contributed by atoms with Crippen molar-refractivity contribution >= 4 is 29.0 Å². The molecule has 0 radical (unpaired) electrons. The average molecular weight is 272 g/mol. The van der Waals surface area contributed by atoms with Gasteiger partial charge in [-0.3, -0.25) is 4.79 Å². The second kappa shape index (κ2) is 6.29. The summed E-state index contributed by atoms with van der Waals surface area (Å²) in [5, 5.41) is 2.87. The number of nitrogens with two attached hydrogens (primary N) is 1. The molecular formula is C15H16N2OS. The second-order valence-electron chi connectivity index (χ2n) is 4.20. The summed E-state index contributed by atoms with van der Waals surface area (Å²) in [6.45, 7) is 0. The molecule has 0 aliphatic rings. The molecule has 0 aliphatic heterocycles. The Balaban J connectivity index is 1.97. The molecule has 2 aromatic carbocycles. The number of nitrogen functional groups attached to an aromatic ring is 1. The van der Waals surface area contributed by atoms with E-state index in [1.54, 1.807) is 11.8 Å². The maximum Gasteiger partial charge on any atom is 0.228 e. The van der Waals surface area contributed by atoms with Crippen molar-refractivity contribution in [2.75, 3.05) is 17.3 Å². The van der Waals surface area contributed by atoms with Gasteiger partial charge in [-0.2, -0.15) is 0 Å². The van der Waals surface area contributed by atoms with Crippen LogP contribution in [0.5, 0.6) is 0 Å². The van der Waals surface area contributed by atoms with Crippen LogP contribution >= 0.6 is 11.8 Å². The number of carbonyl (C=O) groups excluding carboxylic acids is 1. The number of amides is 1. The van der Waals surface area contributed by atoms with Gasteiger partial charge in [0, 0.05) is 16.3 Å². The maximum absolute atomic E-state index is 11.9. The normalized spacial score (nSPS) is 10.2. The summed E-state index contributed by atoms with van der Waals surface area (Å²) in [5.41, 5.74) is 8.09. The van der Waals surface area contributed by atoms with Gasteiger partial charge in [0.05, 0.1) is 6.42 Å². The van der Waals surface area contributed by atoms with E-state index in [2.05, 4.69) is 5.32 Å². The first-order chi connectivity index (χ1) is 9.17. The van der Waals surface area contributed by atoms with Crippen molar-refractivity contribution in [2.45, 2.75) is 11.3 Å². The second-order valence-corrected chi connectivity index (χ2v) is 5.08. The topological polar surface area (TPSA) is 55.1 Å². The molecule has 0 bridgehead atoms. The molecule has 4 heteroatoms. The number of hydrogen-bond donors (Lipinski definition) is 2. The zero-order valence-electron chi connectivity index (χ0n) is 10.7. The van der Waals surface area contributed by atoms with E-state index < -0.39 is 0 Å². The lowest BCUT2D eigenvalue weighted by atomic mass is 10.1. The van der Waals surface area contributed by atoms with Crippen molar-refractivity contribution < 1.29 is 4.79 Å². The van der Waals surface area contributed by atoms with Gasteiger partial charge < -0.3 is 11.1 Å². The highest BCUT2D eigenvalue weighted by Crippen LogP contribution is 2.17. The van der Waals surface area contributed by atoms with Gasteiger partial charge in [0.15, 0.2) is 0 Å². The van der Waals surface area contributed by atoms with E-state index in [1.807, 2.05) is 54.8 Å². The van der Waals surface area contributed by atoms with Crippen LogP contribution in [0, 0.1) is 0 Å². The molecule has 3 N–H and O–H groups in total. The number of carbonyl (C=O) groups is 1. The number of thioether (sulfide) groups is 1. The van der Waals surface area contributed by atoms with Gasteiger partial charge in [-0.15, -0.1) is 11.8 Å². The quantitative estimate of drug-likeness (QED) is 0.664. The predicted octanol–water partition coefficient (Wildman–Crippen LogP) is 3.17. The number of rotatable bonds is 4. The van der Waals surface area contributed by atoms with Crippen molar-refractivity contribution in [1.82, 2.24) is 0 Å². The van der Waals surface area contributed by atoms with Crippen molar-refractivity contribution in [2.24, 2.45) is 0 Å². The van der Waals surface area contributed by atoms with E-state index in [1.165, 1.54) is 4.90 Å². The van der Waals surface area contributed by atoms with Crippen molar-refractivity contribution in [3.05, 3.63) is 54.1 Å². The van der Waals surface area contributed by atoms with Gasteiger partial charge >= 0.3 is 0 Å². The Kier molecular flexibility index (Phi) is 4.47. The Bertz CT molecular complexity index is 567. The fraction of sp³-hybridized carbons (Fsp3) is 0.133. The summed E-state index contributed by atoms with van der Waals surface area (Å²) in [6.07, 6.45) is 2.35. The van der Waals surface area contributed by atoms with Gasteiger partial charge in [-0.25, -0.2) is 0 Å². The standard InChI is InChI=1S/C15H16N2OS/c1-19-14-7-5-13(6-8-14)17-15(18)10-11-3-2-4-12(16)9-11/h2-9H,10,16H2,1H3,(H,17,18). The van der Waals surface area contributed by atoms with Crippen LogP contribution < -0.4 is 11.1 Å². The molecule has 0 fully saturated rings. The van der Waals surface area contributed by atoms with E-state index in [0.29, 0.717) is 12.1 Å². The van der Waals surface area contributed by atoms with Gasteiger partial charge in [0.1, 0.15) is 0 Å². The molecule has 0 unspecified atom stereocenters. The molecule has 0 spiro atoms. The molecule has 0 aliphatic carbocycles. The van der Waals surface area contributed by atoms with Crippen LogP contribution in [0.25, 0.3) is 0 Å². The van der Waals surface area contributed by atoms with Crippen LogP contribution in [-0.2, 0) is 11.2 Å². The van der Waals surface area contributed by atoms with Crippen LogP contribution in [0.1, 0.15) is 5.56 Å². The lowest BCUT2D eigenvalue weighted by molar-refractivity contribution is -0.115. The van der Waals surface area contributed by atoms with Crippen LogP contribution in [0.15, 0.2) is 53.4 Å². The zero-order valence-corrected chi connectivity index (χ0v) is 11.5. The number of benzene rings is 2. The fourth-order valence-electron chi connectivity index (χ4n) is 1.77. The lowest BCUT2D eigenvalue weighted by Gasteiger charge is -2.06. The number of nitrogens with one attached hydrogen (secondary N) is 1. The van der Waals surface area contributed by atoms with E-state index >= 15 is 0 Å². The summed E-state index contributed by atoms with van der Waals surface area (Å²) >= 11 is 1.67. The van der Waals surface area contributed by atoms with Crippen LogP contribution in [0.3, 0.4) is 0 Å². The summed E-state index contributed by atoms with van der Waals surface area (Å²) in [5.74, 6) is -0.0394. The Labute approximate surface area is 117 Å². The highest BCUT2D eigenvalue weighted by molar-refractivity contribution is 7.98. The van der Waals surface area contributed by atoms with Crippen LogP contribution in [0.4, 0.5) is 11.4 Å². The third kappa shape index (κ3) is 4.03. The maximum atomic E-state index is 11.9. The first-order valence-electron chi connectivity index (χ1n) is 5.96. The largest absolute Gasteiger partial charge is 0.399 e. The monoisotopic (exact) mass is 272 g/mol. The molecule has 19 heavy (non-hydrogen) atoms. The minimum absolute atomic E-state index is 0.0394. The highest BCUT2D eigenvalue weighted by atomic mass is 32.2. The van der Waals surface area contributed by atoms with E-state index in [0.717, 1.165) is 11.3 Å². The van der Waals surface area contributed by atoms with Crippen molar-refractivity contribution in [1.29, 1.82) is 0 Å². The molecule has 2 aromatic rings. The zero-order chi connectivity index (χ0) is 13.7. The SMILES string of the molecule is CSc1ccc(NC(=O)Cc2cccc(N)c2)cc1. The third-order valence-electron chi connectivity index (χ3n) is 2.69. The fourth-order valence-corrected chi connectivity index (χ4v) is 2.18. The van der Waals surface area contributed by atoms with Gasteiger partial charge in [-0.1, -0.05) is 12.1 Å². The molecule has 0 heterocycles. The lowest BCUT2D eigenvalue weighted by Crippen LogP contribution is -2.14. The van der Waals surface area contributed by atoms with Crippen molar-refractivity contribution in [3.8, 4) is 0 Å². The first-order valence-corrected chi connectivity index (χ1v) is 7.18. The van der Waals surface area contributed by atoms with Crippen LogP contribution in [-0.4, -0.2) is 12.2 Å². The first kappa shape index (κ1) is 13.5. The van der Waals surface area contributed by atoms with E-state index in [9.17, 15) is 4.79 Å². The average Bonchev–Trinajstić information content (AvgIpc) is 2.39. The van der Waals surface area contributed by atoms with E-state index in [4.69, 9.17) is 5.73 Å². The summed E-state index contributed by atoms with van der Waals surface area (Å²) < 4.78 is 0. The molecule has 2 rings (SSSR count). The molecule has 0 saturated heterocycles. The summed E-state index contributed by atoms with van der Waals surface area (Å²) in [7, 11) is 0. The minimum atomic E-state index is -0.0394. The molecule has 0 atom stereocenters. The third-order valence-corrected chi connectivity index (χ3v) is 3.43. The Hall–Kier alpha value is -1.94. The minimum Gasteiger partial charge on any atom is -0.399 e. The molecule has 3 nitrogen and oxygen atoms in total. The number of anilines is 2. The Morgan fingerprint density at radius 1 is 1.21 bits per heavy atom. The smallest absolute Gasteiger partial charge is 0.228 e. The van der Waals surface area contributed by atoms with Gasteiger partial charge in [0.25, 0.3) is 0 Å². The van der Waals surface area contributed by atoms with Crippen LogP contribution in [0.2, 0.25) is 0 Å². The molecule has 0 saturated carbocycles. The van der Waals surface area contributed by atoms with Crippen molar-refractivity contribution in [3.63, 3.8) is 0 Å². The number of hydrogen-bond acceptors (Lipinski definition) is 3. The Morgan fingerprint density at radius 3 is 2.58 bits per heavy atom. The highest BCUT2D eigenvalue weighted by Gasteiger charge is 2.04. The molecular weight excluding hydrogens is 256 g/mol. The predicted molar refractivity (Wildman–Crippen MR) is 81.4 cm³/mol. The molecule has 98 valence electrons. The summed E-state index contributed by atoms with van der Waals surface area (Å²) in [4.78, 5) is 13.1. The van der Waals surface area contributed by atoms with Gasteiger partial charge in [0.2, 0.25) is 5.91 Å². The molecule has 1 amide bonds. The Morgan fingerprint density at radius 2 is 1.95 bits per heavy atom. The van der Waals surface area contributed by atoms with E-state index in [-0.39, 0.29) is 5.91 Å². The molecule has 0 aromatic heterocycles. The summed E-state index contributed by atoms with van der Waals surface area (Å²) in [6, 6.07) is 15.2. The van der Waals surface area contributed by atoms with Gasteiger partial charge in [-0.05, 0) is 48.2 Å².